The Hall–Kier alpha value is -2.97. The number of amides is 3. The van der Waals surface area contributed by atoms with E-state index in [4.69, 9.17) is 4.42 Å². The molecule has 7 nitrogen and oxygen atoms in total. The van der Waals surface area contributed by atoms with Crippen LogP contribution in [0.1, 0.15) is 41.9 Å². The molecule has 0 aliphatic carbocycles. The number of carbonyl (C=O) groups excluding carboxylic acids is 2. The zero-order valence-corrected chi connectivity index (χ0v) is 15.7. The van der Waals surface area contributed by atoms with Crippen molar-refractivity contribution in [1.82, 2.24) is 15.2 Å². The fraction of sp³-hybridized carbons (Fsp3) is 0.421. The van der Waals surface area contributed by atoms with Gasteiger partial charge >= 0.3 is 6.03 Å². The van der Waals surface area contributed by atoms with Gasteiger partial charge in [-0.2, -0.15) is 0 Å². The fourth-order valence-electron chi connectivity index (χ4n) is 3.00. The van der Waals surface area contributed by atoms with E-state index in [0.717, 1.165) is 25.0 Å². The van der Waals surface area contributed by atoms with Crippen LogP contribution in [-0.2, 0) is 6.54 Å². The SMILES string of the molecule is Cc1oc(CNC(=O)Nc2ccc(F)cc2F)nc1C(=O)N1CCC(C)CC1. The Balaban J connectivity index is 1.57. The van der Waals surface area contributed by atoms with Gasteiger partial charge in [0.15, 0.2) is 5.69 Å². The van der Waals surface area contributed by atoms with Gasteiger partial charge in [-0.1, -0.05) is 6.92 Å². The molecule has 2 aromatic rings. The van der Waals surface area contributed by atoms with Crippen LogP contribution in [0.5, 0.6) is 0 Å². The third-order valence-electron chi connectivity index (χ3n) is 4.69. The Morgan fingerprint density at radius 2 is 2.00 bits per heavy atom. The van der Waals surface area contributed by atoms with Gasteiger partial charge in [0, 0.05) is 19.2 Å². The van der Waals surface area contributed by atoms with E-state index in [1.165, 1.54) is 0 Å². The number of hydrogen-bond donors (Lipinski definition) is 2. The Bertz CT molecular complexity index is 876. The van der Waals surface area contributed by atoms with E-state index < -0.39 is 17.7 Å². The van der Waals surface area contributed by atoms with Crippen molar-refractivity contribution in [3.8, 4) is 0 Å². The summed E-state index contributed by atoms with van der Waals surface area (Å²) in [6.07, 6.45) is 1.91. The lowest BCUT2D eigenvalue weighted by atomic mass is 9.99. The highest BCUT2D eigenvalue weighted by atomic mass is 19.1. The Kier molecular flexibility index (Phi) is 5.91. The Morgan fingerprint density at radius 3 is 2.68 bits per heavy atom. The average Bonchev–Trinajstić information content (AvgIpc) is 3.03. The summed E-state index contributed by atoms with van der Waals surface area (Å²) in [7, 11) is 0. The van der Waals surface area contributed by atoms with Crippen LogP contribution in [0.25, 0.3) is 0 Å². The highest BCUT2D eigenvalue weighted by Gasteiger charge is 2.26. The lowest BCUT2D eigenvalue weighted by Crippen LogP contribution is -2.38. The fourth-order valence-corrected chi connectivity index (χ4v) is 3.00. The summed E-state index contributed by atoms with van der Waals surface area (Å²) in [6, 6.07) is 2.12. The molecule has 2 N–H and O–H groups in total. The first-order valence-corrected chi connectivity index (χ1v) is 9.09. The Morgan fingerprint density at radius 1 is 1.29 bits per heavy atom. The van der Waals surface area contributed by atoms with Gasteiger partial charge in [0.1, 0.15) is 17.4 Å². The first-order valence-electron chi connectivity index (χ1n) is 9.09. The summed E-state index contributed by atoms with van der Waals surface area (Å²) in [5.41, 5.74) is 0.0778. The maximum atomic E-state index is 13.6. The number of carbonyl (C=O) groups is 2. The van der Waals surface area contributed by atoms with Crippen molar-refractivity contribution >= 4 is 17.6 Å². The Labute approximate surface area is 161 Å². The second kappa shape index (κ2) is 8.37. The van der Waals surface area contributed by atoms with Gasteiger partial charge < -0.3 is 20.0 Å². The highest BCUT2D eigenvalue weighted by molar-refractivity contribution is 5.93. The van der Waals surface area contributed by atoms with E-state index in [9.17, 15) is 18.4 Å². The predicted octanol–water partition coefficient (Wildman–Crippen LogP) is 3.46. The van der Waals surface area contributed by atoms with Crippen LogP contribution >= 0.6 is 0 Å². The number of hydrogen-bond acceptors (Lipinski definition) is 4. The van der Waals surface area contributed by atoms with Crippen LogP contribution in [0.15, 0.2) is 22.6 Å². The summed E-state index contributed by atoms with van der Waals surface area (Å²) in [5.74, 6) is -0.653. The molecule has 150 valence electrons. The molecule has 2 heterocycles. The van der Waals surface area contributed by atoms with Gasteiger partial charge in [-0.3, -0.25) is 4.79 Å². The van der Waals surface area contributed by atoms with Gasteiger partial charge in [0.25, 0.3) is 5.91 Å². The number of benzene rings is 1. The third kappa shape index (κ3) is 4.65. The molecule has 1 fully saturated rings. The summed E-state index contributed by atoms with van der Waals surface area (Å²) in [6.45, 7) is 5.09. The first-order chi connectivity index (χ1) is 13.3. The van der Waals surface area contributed by atoms with Crippen molar-refractivity contribution in [3.63, 3.8) is 0 Å². The molecule has 1 saturated heterocycles. The average molecular weight is 392 g/mol. The van der Waals surface area contributed by atoms with Crippen LogP contribution in [0.4, 0.5) is 19.3 Å². The molecule has 1 aromatic carbocycles. The number of likely N-dealkylation sites (tertiary alicyclic amines) is 1. The number of halogens is 2. The summed E-state index contributed by atoms with van der Waals surface area (Å²) < 4.78 is 31.9. The quantitative estimate of drug-likeness (QED) is 0.834. The zero-order chi connectivity index (χ0) is 20.3. The summed E-state index contributed by atoms with van der Waals surface area (Å²) in [4.78, 5) is 30.5. The van der Waals surface area contributed by atoms with Crippen molar-refractivity contribution < 1.29 is 22.8 Å². The van der Waals surface area contributed by atoms with Crippen LogP contribution in [-0.4, -0.2) is 34.9 Å². The topological polar surface area (TPSA) is 87.5 Å². The van der Waals surface area contributed by atoms with E-state index in [1.54, 1.807) is 11.8 Å². The molecule has 1 aliphatic heterocycles. The number of nitrogens with one attached hydrogen (secondary N) is 2. The van der Waals surface area contributed by atoms with E-state index in [0.29, 0.717) is 30.8 Å². The largest absolute Gasteiger partial charge is 0.443 e. The van der Waals surface area contributed by atoms with Gasteiger partial charge in [0.2, 0.25) is 5.89 Å². The van der Waals surface area contributed by atoms with Gasteiger partial charge in [0.05, 0.1) is 12.2 Å². The number of aryl methyl sites for hydroxylation is 1. The molecule has 0 unspecified atom stereocenters. The number of aromatic nitrogens is 1. The molecule has 28 heavy (non-hydrogen) atoms. The number of urea groups is 1. The number of oxazole rings is 1. The maximum Gasteiger partial charge on any atom is 0.319 e. The maximum absolute atomic E-state index is 13.6. The molecule has 0 spiro atoms. The molecule has 3 amide bonds. The monoisotopic (exact) mass is 392 g/mol. The minimum absolute atomic E-state index is 0.0835. The number of rotatable bonds is 4. The lowest BCUT2D eigenvalue weighted by molar-refractivity contribution is 0.0690. The van der Waals surface area contributed by atoms with Crippen LogP contribution in [0.2, 0.25) is 0 Å². The second-order valence-corrected chi connectivity index (χ2v) is 6.92. The third-order valence-corrected chi connectivity index (χ3v) is 4.69. The van der Waals surface area contributed by atoms with Crippen molar-refractivity contribution in [2.45, 2.75) is 33.2 Å². The lowest BCUT2D eigenvalue weighted by Gasteiger charge is -2.29. The zero-order valence-electron chi connectivity index (χ0n) is 15.7. The molecule has 1 aromatic heterocycles. The molecule has 0 bridgehead atoms. The second-order valence-electron chi connectivity index (χ2n) is 6.92. The van der Waals surface area contributed by atoms with Crippen LogP contribution in [0, 0.1) is 24.5 Å². The van der Waals surface area contributed by atoms with E-state index in [-0.39, 0.29) is 29.7 Å². The molecular formula is C19H22F2N4O3. The van der Waals surface area contributed by atoms with Crippen molar-refractivity contribution in [1.29, 1.82) is 0 Å². The van der Waals surface area contributed by atoms with Crippen molar-refractivity contribution in [3.05, 3.63) is 47.2 Å². The van der Waals surface area contributed by atoms with E-state index >= 15 is 0 Å². The van der Waals surface area contributed by atoms with Crippen LogP contribution < -0.4 is 10.6 Å². The predicted molar refractivity (Wildman–Crippen MR) is 97.8 cm³/mol. The van der Waals surface area contributed by atoms with Crippen molar-refractivity contribution in [2.75, 3.05) is 18.4 Å². The van der Waals surface area contributed by atoms with Gasteiger partial charge in [-0.25, -0.2) is 18.6 Å². The minimum Gasteiger partial charge on any atom is -0.443 e. The normalized spacial score (nSPS) is 14.8. The van der Waals surface area contributed by atoms with Gasteiger partial charge in [-0.05, 0) is 37.8 Å². The molecular weight excluding hydrogens is 370 g/mol. The molecule has 0 atom stereocenters. The molecule has 9 heteroatoms. The highest BCUT2D eigenvalue weighted by Crippen LogP contribution is 2.20. The summed E-state index contributed by atoms with van der Waals surface area (Å²) >= 11 is 0. The molecule has 0 radical (unpaired) electrons. The molecule has 1 aliphatic rings. The molecule has 3 rings (SSSR count). The number of anilines is 1. The smallest absolute Gasteiger partial charge is 0.319 e. The molecule has 0 saturated carbocycles. The van der Waals surface area contributed by atoms with E-state index in [1.807, 2.05) is 0 Å². The van der Waals surface area contributed by atoms with Crippen LogP contribution in [0.3, 0.4) is 0 Å². The standard InChI is InChI=1S/C19H22F2N4O3/c1-11-5-7-25(8-6-11)18(26)17-12(2)28-16(24-17)10-22-19(27)23-15-4-3-13(20)9-14(15)21/h3-4,9,11H,5-8,10H2,1-2H3,(H2,22,23,27). The van der Waals surface area contributed by atoms with E-state index in [2.05, 4.69) is 22.5 Å². The van der Waals surface area contributed by atoms with Gasteiger partial charge in [-0.15, -0.1) is 0 Å². The number of piperidine rings is 1. The minimum atomic E-state index is -0.883. The van der Waals surface area contributed by atoms with Crippen molar-refractivity contribution in [2.24, 2.45) is 5.92 Å². The summed E-state index contributed by atoms with van der Waals surface area (Å²) in [5, 5.41) is 4.73. The number of nitrogens with zero attached hydrogens (tertiary/aromatic N) is 2. The first kappa shape index (κ1) is 19.8.